The summed E-state index contributed by atoms with van der Waals surface area (Å²) in [5.74, 6) is 3.51. The van der Waals surface area contributed by atoms with Crippen LogP contribution in [0.25, 0.3) is 0 Å². The van der Waals surface area contributed by atoms with Gasteiger partial charge in [-0.1, -0.05) is 17.7 Å². The maximum atomic E-state index is 6.20. The second kappa shape index (κ2) is 6.08. The van der Waals surface area contributed by atoms with Gasteiger partial charge >= 0.3 is 0 Å². The van der Waals surface area contributed by atoms with Gasteiger partial charge in [-0.15, -0.1) is 0 Å². The summed E-state index contributed by atoms with van der Waals surface area (Å²) in [4.78, 5) is 0. The van der Waals surface area contributed by atoms with Crippen LogP contribution in [0.2, 0.25) is 5.02 Å². The molecule has 1 nitrogen and oxygen atoms in total. The summed E-state index contributed by atoms with van der Waals surface area (Å²) in [5.41, 5.74) is 2.44. The maximum Gasteiger partial charge on any atom is 0.0637 e. The second-order valence-corrected chi connectivity index (χ2v) is 6.38. The van der Waals surface area contributed by atoms with E-state index in [-0.39, 0.29) is 0 Å². The monoisotopic (exact) mass is 273 g/mol. The lowest BCUT2D eigenvalue weighted by Crippen LogP contribution is -2.18. The van der Waals surface area contributed by atoms with Crippen molar-refractivity contribution in [1.29, 1.82) is 0 Å². The number of hydrogen-bond acceptors (Lipinski definition) is 3. The van der Waals surface area contributed by atoms with E-state index < -0.39 is 0 Å². The zero-order valence-corrected chi connectivity index (χ0v) is 11.7. The zero-order valence-electron chi connectivity index (χ0n) is 9.33. The molecule has 0 radical (unpaired) electrons. The average Bonchev–Trinajstić information content (AvgIpc) is 2.76. The van der Waals surface area contributed by atoms with Gasteiger partial charge in [0.05, 0.1) is 10.7 Å². The van der Waals surface area contributed by atoms with Gasteiger partial charge in [-0.25, -0.2) is 0 Å². The molecule has 1 atom stereocenters. The summed E-state index contributed by atoms with van der Waals surface area (Å²) in [5, 5.41) is 4.38. The van der Waals surface area contributed by atoms with Gasteiger partial charge in [-0.2, -0.15) is 23.5 Å². The molecule has 0 bridgehead atoms. The fraction of sp³-hybridized carbons (Fsp3) is 0.500. The Morgan fingerprint density at radius 3 is 3.12 bits per heavy atom. The van der Waals surface area contributed by atoms with E-state index in [1.807, 2.05) is 29.6 Å². The van der Waals surface area contributed by atoms with Crippen LogP contribution in [0.1, 0.15) is 12.0 Å². The average molecular weight is 274 g/mol. The van der Waals surface area contributed by atoms with Gasteiger partial charge in [-0.3, -0.25) is 0 Å². The number of halogens is 1. The van der Waals surface area contributed by atoms with E-state index >= 15 is 0 Å². The Morgan fingerprint density at radius 1 is 1.56 bits per heavy atom. The standard InChI is InChI=1S/C12H16ClNS2/c1-15-7-9-2-3-11(13)12(6-9)14-10-4-5-16-8-10/h2-3,6,10,14H,4-5,7-8H2,1H3. The molecule has 16 heavy (non-hydrogen) atoms. The molecule has 0 saturated carbocycles. The Balaban J connectivity index is 2.08. The summed E-state index contributed by atoms with van der Waals surface area (Å²) >= 11 is 10.0. The first kappa shape index (κ1) is 12.5. The molecule has 1 aromatic carbocycles. The third kappa shape index (κ3) is 3.25. The van der Waals surface area contributed by atoms with Gasteiger partial charge in [0, 0.05) is 17.5 Å². The van der Waals surface area contributed by atoms with Crippen molar-refractivity contribution in [3.63, 3.8) is 0 Å². The minimum absolute atomic E-state index is 0.590. The predicted octanol–water partition coefficient (Wildman–Crippen LogP) is 4.12. The van der Waals surface area contributed by atoms with E-state index in [9.17, 15) is 0 Å². The quantitative estimate of drug-likeness (QED) is 0.886. The van der Waals surface area contributed by atoms with E-state index in [0.717, 1.165) is 16.5 Å². The summed E-state index contributed by atoms with van der Waals surface area (Å²) < 4.78 is 0. The number of anilines is 1. The molecular formula is C12H16ClNS2. The first-order valence-electron chi connectivity index (χ1n) is 5.41. The highest BCUT2D eigenvalue weighted by Gasteiger charge is 2.16. The van der Waals surface area contributed by atoms with Gasteiger partial charge < -0.3 is 5.32 Å². The molecule has 1 aromatic rings. The van der Waals surface area contributed by atoms with Crippen molar-refractivity contribution in [1.82, 2.24) is 0 Å². The number of benzene rings is 1. The van der Waals surface area contributed by atoms with E-state index in [2.05, 4.69) is 23.7 Å². The first-order chi connectivity index (χ1) is 7.79. The van der Waals surface area contributed by atoms with Crippen molar-refractivity contribution in [2.75, 3.05) is 23.1 Å². The summed E-state index contributed by atoms with van der Waals surface area (Å²) in [6.07, 6.45) is 3.36. The van der Waals surface area contributed by atoms with E-state index in [0.29, 0.717) is 6.04 Å². The number of nitrogens with one attached hydrogen (secondary N) is 1. The van der Waals surface area contributed by atoms with Crippen molar-refractivity contribution in [3.8, 4) is 0 Å². The van der Waals surface area contributed by atoms with Gasteiger partial charge in [0.15, 0.2) is 0 Å². The molecule has 0 aromatic heterocycles. The van der Waals surface area contributed by atoms with Crippen LogP contribution < -0.4 is 5.32 Å². The molecule has 4 heteroatoms. The molecule has 2 rings (SSSR count). The van der Waals surface area contributed by atoms with Gasteiger partial charge in [-0.05, 0) is 36.1 Å². The fourth-order valence-electron chi connectivity index (χ4n) is 1.81. The number of rotatable bonds is 4. The smallest absolute Gasteiger partial charge is 0.0637 e. The third-order valence-electron chi connectivity index (χ3n) is 2.63. The summed E-state index contributed by atoms with van der Waals surface area (Å²) in [7, 11) is 0. The van der Waals surface area contributed by atoms with E-state index in [1.165, 1.54) is 23.5 Å². The Hall–Kier alpha value is 0.01000. The van der Waals surface area contributed by atoms with Crippen molar-refractivity contribution in [3.05, 3.63) is 28.8 Å². The SMILES string of the molecule is CSCc1ccc(Cl)c(NC2CCSC2)c1. The molecule has 88 valence electrons. The van der Waals surface area contributed by atoms with E-state index in [1.54, 1.807) is 0 Å². The first-order valence-corrected chi connectivity index (χ1v) is 8.34. The van der Waals surface area contributed by atoms with Crippen LogP contribution in [0.3, 0.4) is 0 Å². The third-order valence-corrected chi connectivity index (χ3v) is 4.75. The van der Waals surface area contributed by atoms with Crippen LogP contribution in [-0.4, -0.2) is 23.8 Å². The number of thioether (sulfide) groups is 2. The van der Waals surface area contributed by atoms with Crippen molar-refractivity contribution in [2.45, 2.75) is 18.2 Å². The number of hydrogen-bond donors (Lipinski definition) is 1. The summed E-state index contributed by atoms with van der Waals surface area (Å²) in [6, 6.07) is 6.87. The molecule has 1 unspecified atom stereocenters. The van der Waals surface area contributed by atoms with Crippen LogP contribution in [0.5, 0.6) is 0 Å². The lowest BCUT2D eigenvalue weighted by atomic mass is 10.2. The highest BCUT2D eigenvalue weighted by atomic mass is 35.5. The Kier molecular flexibility index (Phi) is 4.74. The molecular weight excluding hydrogens is 258 g/mol. The molecule has 1 fully saturated rings. The van der Waals surface area contributed by atoms with Crippen molar-refractivity contribution in [2.24, 2.45) is 0 Å². The zero-order chi connectivity index (χ0) is 11.4. The molecule has 1 aliphatic heterocycles. The van der Waals surface area contributed by atoms with Crippen molar-refractivity contribution >= 4 is 40.8 Å². The molecule has 1 N–H and O–H groups in total. The Bertz CT molecular complexity index is 351. The molecule has 0 aliphatic carbocycles. The van der Waals surface area contributed by atoms with Crippen molar-refractivity contribution < 1.29 is 0 Å². The minimum Gasteiger partial charge on any atom is -0.380 e. The molecule has 0 spiro atoms. The lowest BCUT2D eigenvalue weighted by Gasteiger charge is -2.15. The van der Waals surface area contributed by atoms with Gasteiger partial charge in [0.2, 0.25) is 0 Å². The second-order valence-electron chi connectivity index (χ2n) is 3.95. The maximum absolute atomic E-state index is 6.20. The highest BCUT2D eigenvalue weighted by molar-refractivity contribution is 7.99. The molecule has 1 aliphatic rings. The van der Waals surface area contributed by atoms with E-state index in [4.69, 9.17) is 11.6 Å². The van der Waals surface area contributed by atoms with Crippen LogP contribution in [0.4, 0.5) is 5.69 Å². The topological polar surface area (TPSA) is 12.0 Å². The molecule has 0 amide bonds. The van der Waals surface area contributed by atoms with Crippen LogP contribution >= 0.6 is 35.1 Å². The lowest BCUT2D eigenvalue weighted by molar-refractivity contribution is 0.813. The molecule has 1 saturated heterocycles. The normalized spacial score (nSPS) is 20.0. The Morgan fingerprint density at radius 2 is 2.44 bits per heavy atom. The highest BCUT2D eigenvalue weighted by Crippen LogP contribution is 2.28. The molecule has 1 heterocycles. The Labute approximate surface area is 111 Å². The van der Waals surface area contributed by atoms with Gasteiger partial charge in [0.25, 0.3) is 0 Å². The predicted molar refractivity (Wildman–Crippen MR) is 78.0 cm³/mol. The minimum atomic E-state index is 0.590. The van der Waals surface area contributed by atoms with Gasteiger partial charge in [0.1, 0.15) is 0 Å². The van der Waals surface area contributed by atoms with Crippen LogP contribution in [0.15, 0.2) is 18.2 Å². The van der Waals surface area contributed by atoms with Crippen LogP contribution in [0, 0.1) is 0 Å². The largest absolute Gasteiger partial charge is 0.380 e. The van der Waals surface area contributed by atoms with Crippen LogP contribution in [-0.2, 0) is 5.75 Å². The fourth-order valence-corrected chi connectivity index (χ4v) is 3.65. The summed E-state index contributed by atoms with van der Waals surface area (Å²) in [6.45, 7) is 0.